The number of benzene rings is 1. The number of thiazole rings is 1. The molecule has 0 saturated carbocycles. The number of hydrogen-bond acceptors (Lipinski definition) is 5. The molecule has 0 saturated heterocycles. The minimum atomic E-state index is -0.780. The van der Waals surface area contributed by atoms with Crippen LogP contribution in [0, 0.1) is 0 Å². The highest BCUT2D eigenvalue weighted by Crippen LogP contribution is 2.24. The molecular formula is C15H15N3O3S. The van der Waals surface area contributed by atoms with Crippen molar-refractivity contribution in [1.82, 2.24) is 10.3 Å². The fourth-order valence-corrected chi connectivity index (χ4v) is 2.49. The second kappa shape index (κ2) is 6.97. The summed E-state index contributed by atoms with van der Waals surface area (Å²) in [5.74, 6) is -1.29. The van der Waals surface area contributed by atoms with E-state index in [0.717, 1.165) is 11.1 Å². The number of hydrogen-bond donors (Lipinski definition) is 2. The molecule has 0 aliphatic carbocycles. The van der Waals surface area contributed by atoms with Gasteiger partial charge in [-0.05, 0) is 5.56 Å². The standard InChI is InChI=1S/C15H15N3O3S/c1-9(13(16)19)17-14(20)12-8-22-15(18-12)11-5-3-10(4-6-11)7-21-2/h3-6,8H,1,7H2,2H3,(H2,16,19)(H,17,20). The van der Waals surface area contributed by atoms with Gasteiger partial charge in [0.05, 0.1) is 12.3 Å². The van der Waals surface area contributed by atoms with E-state index < -0.39 is 11.8 Å². The van der Waals surface area contributed by atoms with Crippen LogP contribution in [0.4, 0.5) is 0 Å². The van der Waals surface area contributed by atoms with Gasteiger partial charge in [-0.1, -0.05) is 30.8 Å². The van der Waals surface area contributed by atoms with Crippen LogP contribution >= 0.6 is 11.3 Å². The summed E-state index contributed by atoms with van der Waals surface area (Å²) in [6.07, 6.45) is 0. The zero-order valence-electron chi connectivity index (χ0n) is 12.0. The van der Waals surface area contributed by atoms with Gasteiger partial charge in [0.15, 0.2) is 0 Å². The summed E-state index contributed by atoms with van der Waals surface area (Å²) in [6, 6.07) is 7.71. The Morgan fingerprint density at radius 3 is 2.64 bits per heavy atom. The molecule has 6 nitrogen and oxygen atoms in total. The van der Waals surface area contributed by atoms with Gasteiger partial charge in [-0.15, -0.1) is 11.3 Å². The molecule has 1 aromatic carbocycles. The second-order valence-electron chi connectivity index (χ2n) is 4.46. The first kappa shape index (κ1) is 15.9. The smallest absolute Gasteiger partial charge is 0.275 e. The van der Waals surface area contributed by atoms with Crippen molar-refractivity contribution >= 4 is 23.2 Å². The van der Waals surface area contributed by atoms with Gasteiger partial charge < -0.3 is 15.8 Å². The number of carbonyl (C=O) groups is 2. The minimum absolute atomic E-state index is 0.163. The van der Waals surface area contributed by atoms with Crippen LogP contribution in [0.5, 0.6) is 0 Å². The van der Waals surface area contributed by atoms with Gasteiger partial charge in [0.25, 0.3) is 11.8 Å². The van der Waals surface area contributed by atoms with Crippen molar-refractivity contribution in [2.45, 2.75) is 6.61 Å². The summed E-state index contributed by atoms with van der Waals surface area (Å²) < 4.78 is 5.05. The molecule has 2 amide bonds. The van der Waals surface area contributed by atoms with Crippen LogP contribution < -0.4 is 11.1 Å². The van der Waals surface area contributed by atoms with Gasteiger partial charge >= 0.3 is 0 Å². The van der Waals surface area contributed by atoms with E-state index in [9.17, 15) is 9.59 Å². The maximum Gasteiger partial charge on any atom is 0.275 e. The van der Waals surface area contributed by atoms with Crippen LogP contribution in [0.2, 0.25) is 0 Å². The van der Waals surface area contributed by atoms with Crippen molar-refractivity contribution in [3.05, 3.63) is 53.2 Å². The molecule has 3 N–H and O–H groups in total. The van der Waals surface area contributed by atoms with Crippen LogP contribution in [0.3, 0.4) is 0 Å². The minimum Gasteiger partial charge on any atom is -0.380 e. The average molecular weight is 317 g/mol. The highest BCUT2D eigenvalue weighted by Gasteiger charge is 2.14. The topological polar surface area (TPSA) is 94.3 Å². The zero-order valence-corrected chi connectivity index (χ0v) is 12.8. The van der Waals surface area contributed by atoms with Crippen molar-refractivity contribution in [3.8, 4) is 10.6 Å². The predicted octanol–water partition coefficient (Wildman–Crippen LogP) is 1.69. The van der Waals surface area contributed by atoms with E-state index in [4.69, 9.17) is 10.5 Å². The highest BCUT2D eigenvalue weighted by atomic mass is 32.1. The molecule has 2 aromatic rings. The lowest BCUT2D eigenvalue weighted by atomic mass is 10.1. The van der Waals surface area contributed by atoms with E-state index in [-0.39, 0.29) is 11.4 Å². The van der Waals surface area contributed by atoms with Crippen molar-refractivity contribution < 1.29 is 14.3 Å². The van der Waals surface area contributed by atoms with Crippen molar-refractivity contribution in [3.63, 3.8) is 0 Å². The van der Waals surface area contributed by atoms with Crippen molar-refractivity contribution in [2.75, 3.05) is 7.11 Å². The van der Waals surface area contributed by atoms with E-state index >= 15 is 0 Å². The van der Waals surface area contributed by atoms with E-state index in [2.05, 4.69) is 16.9 Å². The highest BCUT2D eigenvalue weighted by molar-refractivity contribution is 7.13. The number of primary amides is 1. The molecule has 0 radical (unpaired) electrons. The Balaban J connectivity index is 2.12. The van der Waals surface area contributed by atoms with Crippen LogP contribution in [0.1, 0.15) is 16.1 Å². The zero-order chi connectivity index (χ0) is 16.1. The van der Waals surface area contributed by atoms with Gasteiger partial charge in [0.1, 0.15) is 10.7 Å². The molecule has 22 heavy (non-hydrogen) atoms. The maximum absolute atomic E-state index is 11.9. The van der Waals surface area contributed by atoms with E-state index in [0.29, 0.717) is 11.6 Å². The number of nitrogens with one attached hydrogen (secondary N) is 1. The number of ether oxygens (including phenoxy) is 1. The Bertz CT molecular complexity index is 707. The fraction of sp³-hybridized carbons (Fsp3) is 0.133. The molecule has 2 rings (SSSR count). The molecule has 0 bridgehead atoms. The molecule has 114 valence electrons. The summed E-state index contributed by atoms with van der Waals surface area (Å²) in [5.41, 5.74) is 7.02. The molecule has 7 heteroatoms. The molecular weight excluding hydrogens is 302 g/mol. The number of carbonyl (C=O) groups excluding carboxylic acids is 2. The third-order valence-electron chi connectivity index (χ3n) is 2.81. The lowest BCUT2D eigenvalue weighted by molar-refractivity contribution is -0.114. The summed E-state index contributed by atoms with van der Waals surface area (Å²) in [4.78, 5) is 27.0. The van der Waals surface area contributed by atoms with Gasteiger partial charge in [-0.3, -0.25) is 9.59 Å². The second-order valence-corrected chi connectivity index (χ2v) is 5.32. The van der Waals surface area contributed by atoms with E-state index in [1.165, 1.54) is 11.3 Å². The SMILES string of the molecule is C=C(NC(=O)c1csc(-c2ccc(COC)cc2)n1)C(N)=O. The Kier molecular flexibility index (Phi) is 5.03. The van der Waals surface area contributed by atoms with Crippen LogP contribution in [0.25, 0.3) is 10.6 Å². The number of rotatable bonds is 6. The fourth-order valence-electron chi connectivity index (χ4n) is 1.68. The lowest BCUT2D eigenvalue weighted by Crippen LogP contribution is -2.30. The first-order valence-corrected chi connectivity index (χ1v) is 7.23. The molecule has 0 aliphatic heterocycles. The van der Waals surface area contributed by atoms with Gasteiger partial charge in [0, 0.05) is 18.1 Å². The molecule has 0 fully saturated rings. The van der Waals surface area contributed by atoms with E-state index in [1.807, 2.05) is 24.3 Å². The van der Waals surface area contributed by atoms with Gasteiger partial charge in [-0.25, -0.2) is 4.98 Å². The molecule has 1 heterocycles. The average Bonchev–Trinajstić information content (AvgIpc) is 2.98. The first-order valence-electron chi connectivity index (χ1n) is 6.35. The van der Waals surface area contributed by atoms with E-state index in [1.54, 1.807) is 12.5 Å². The Hall–Kier alpha value is -2.51. The maximum atomic E-state index is 11.9. The lowest BCUT2D eigenvalue weighted by Gasteiger charge is -2.02. The third kappa shape index (κ3) is 3.78. The Morgan fingerprint density at radius 2 is 2.05 bits per heavy atom. The van der Waals surface area contributed by atoms with Gasteiger partial charge in [-0.2, -0.15) is 0 Å². The molecule has 0 spiro atoms. The van der Waals surface area contributed by atoms with Crippen LogP contribution in [-0.4, -0.2) is 23.9 Å². The Labute approximate surface area is 131 Å². The largest absolute Gasteiger partial charge is 0.380 e. The monoisotopic (exact) mass is 317 g/mol. The molecule has 0 aliphatic rings. The third-order valence-corrected chi connectivity index (χ3v) is 3.70. The molecule has 0 unspecified atom stereocenters. The number of aromatic nitrogens is 1. The number of methoxy groups -OCH3 is 1. The first-order chi connectivity index (χ1) is 10.5. The van der Waals surface area contributed by atoms with Crippen LogP contribution in [0.15, 0.2) is 41.9 Å². The number of nitrogens with zero attached hydrogens (tertiary/aromatic N) is 1. The predicted molar refractivity (Wildman–Crippen MR) is 84.1 cm³/mol. The summed E-state index contributed by atoms with van der Waals surface area (Å²) in [7, 11) is 1.64. The normalized spacial score (nSPS) is 10.2. The summed E-state index contributed by atoms with van der Waals surface area (Å²) in [6.45, 7) is 3.91. The van der Waals surface area contributed by atoms with Crippen LogP contribution in [-0.2, 0) is 16.1 Å². The molecule has 0 atom stereocenters. The number of nitrogens with two attached hydrogens (primary N) is 1. The Morgan fingerprint density at radius 1 is 1.36 bits per heavy atom. The summed E-state index contributed by atoms with van der Waals surface area (Å²) in [5, 5.41) is 4.63. The van der Waals surface area contributed by atoms with Gasteiger partial charge in [0.2, 0.25) is 0 Å². The van der Waals surface area contributed by atoms with Crippen molar-refractivity contribution in [2.24, 2.45) is 5.73 Å². The quantitative estimate of drug-likeness (QED) is 0.793. The number of amides is 2. The molecule has 1 aromatic heterocycles. The van der Waals surface area contributed by atoms with Crippen molar-refractivity contribution in [1.29, 1.82) is 0 Å². The summed E-state index contributed by atoms with van der Waals surface area (Å²) >= 11 is 1.34.